The summed E-state index contributed by atoms with van der Waals surface area (Å²) in [5.41, 5.74) is 4.49. The summed E-state index contributed by atoms with van der Waals surface area (Å²) in [5.74, 6) is -1.22. The third-order valence-electron chi connectivity index (χ3n) is 13.8. The molecule has 0 saturated carbocycles. The van der Waals surface area contributed by atoms with Gasteiger partial charge in [0, 0.05) is 12.8 Å². The van der Waals surface area contributed by atoms with Crippen LogP contribution >= 0.6 is 0 Å². The second-order valence-electron chi connectivity index (χ2n) is 21.9. The number of rotatable bonds is 37. The highest BCUT2D eigenvalue weighted by atomic mass is 28.3. The van der Waals surface area contributed by atoms with E-state index in [4.69, 9.17) is 28.1 Å². The first-order chi connectivity index (χ1) is 36.4. The molecule has 1 aliphatic heterocycles. The van der Waals surface area contributed by atoms with E-state index in [-0.39, 0.29) is 38.0 Å². The zero-order valence-corrected chi connectivity index (χ0v) is 47.6. The Hall–Kier alpha value is -4.65. The number of esters is 2. The highest BCUT2D eigenvalue weighted by Gasteiger charge is 2.51. The Kier molecular flexibility index (Phi) is 29.1. The van der Waals surface area contributed by atoms with E-state index in [1.54, 1.807) is 0 Å². The molecule has 1 amide bonds. The van der Waals surface area contributed by atoms with Crippen molar-refractivity contribution >= 4 is 26.9 Å². The summed E-state index contributed by atoms with van der Waals surface area (Å²) in [5, 5.41) is 3.21. The van der Waals surface area contributed by atoms with Crippen molar-refractivity contribution in [2.75, 3.05) is 6.61 Å². The van der Waals surface area contributed by atoms with Crippen molar-refractivity contribution in [1.29, 1.82) is 0 Å². The van der Waals surface area contributed by atoms with Crippen molar-refractivity contribution in [2.24, 2.45) is 0 Å². The van der Waals surface area contributed by atoms with Crippen molar-refractivity contribution in [3.8, 4) is 0 Å². The van der Waals surface area contributed by atoms with E-state index < -0.39 is 57.3 Å². The molecule has 4 aromatic rings. The fourth-order valence-corrected chi connectivity index (χ4v) is 10.7. The van der Waals surface area contributed by atoms with Gasteiger partial charge in [-0.25, -0.2) is 0 Å². The number of ether oxygens (including phenoxy) is 5. The second-order valence-corrected chi connectivity index (χ2v) is 24.3. The summed E-state index contributed by atoms with van der Waals surface area (Å²) in [4.78, 5) is 42.6. The first-order valence-corrected chi connectivity index (χ1v) is 31.6. The van der Waals surface area contributed by atoms with Crippen LogP contribution in [0.3, 0.4) is 0 Å². The Labute approximate surface area is 453 Å². The van der Waals surface area contributed by atoms with Gasteiger partial charge in [-0.3, -0.25) is 14.4 Å². The Bertz CT molecular complexity index is 2120. The first-order valence-electron chi connectivity index (χ1n) is 28.8. The molecule has 0 bridgehead atoms. The van der Waals surface area contributed by atoms with Gasteiger partial charge in [-0.2, -0.15) is 0 Å². The highest BCUT2D eigenvalue weighted by Crippen LogP contribution is 2.31. The van der Waals surface area contributed by atoms with Crippen LogP contribution in [0.1, 0.15) is 171 Å². The van der Waals surface area contributed by atoms with Crippen molar-refractivity contribution in [1.82, 2.24) is 5.32 Å². The van der Waals surface area contributed by atoms with E-state index in [2.05, 4.69) is 103 Å². The molecule has 5 rings (SSSR count). The molecule has 0 spiro atoms. The summed E-state index contributed by atoms with van der Waals surface area (Å²) >= 11 is 0. The van der Waals surface area contributed by atoms with Crippen molar-refractivity contribution in [2.45, 2.75) is 230 Å². The summed E-state index contributed by atoms with van der Waals surface area (Å²) in [6.07, 6.45) is 16.3. The van der Waals surface area contributed by atoms with E-state index in [9.17, 15) is 14.4 Å². The Morgan fingerprint density at radius 1 is 0.547 bits per heavy atom. The highest BCUT2D eigenvalue weighted by molar-refractivity contribution is 6.48. The molecule has 11 heteroatoms. The maximum Gasteiger partial charge on any atom is 0.306 e. The van der Waals surface area contributed by atoms with Crippen LogP contribution in [0.5, 0.6) is 0 Å². The maximum absolute atomic E-state index is 14.9. The third kappa shape index (κ3) is 25.8. The molecule has 1 saturated heterocycles. The van der Waals surface area contributed by atoms with Crippen molar-refractivity contribution < 1.29 is 42.5 Å². The summed E-state index contributed by atoms with van der Waals surface area (Å²) in [6, 6.07) is 40.5. The van der Waals surface area contributed by atoms with Crippen LogP contribution in [0.4, 0.5) is 0 Å². The number of benzene rings is 4. The monoisotopic (exact) mass is 1050 g/mol. The molecule has 0 aliphatic carbocycles. The van der Waals surface area contributed by atoms with Gasteiger partial charge in [-0.15, -0.1) is 0 Å². The zero-order valence-electron chi connectivity index (χ0n) is 46.4. The van der Waals surface area contributed by atoms with Gasteiger partial charge in [0.2, 0.25) is 0 Å². The Morgan fingerprint density at radius 2 is 0.973 bits per heavy atom. The van der Waals surface area contributed by atoms with Gasteiger partial charge in [-0.1, -0.05) is 192 Å². The first kappa shape index (κ1) is 61.2. The van der Waals surface area contributed by atoms with Gasteiger partial charge in [0.15, 0.2) is 27.5 Å². The summed E-state index contributed by atoms with van der Waals surface area (Å²) < 4.78 is 39.2. The number of hydrogen-bond acceptors (Lipinski definition) is 9. The number of carbonyl (C=O) groups is 3. The molecule has 412 valence electrons. The molecule has 4 aromatic carbocycles. The average molecular weight is 1050 g/mol. The number of aryl methyl sites for hydroxylation is 3. The molecule has 0 radical (unpaired) electrons. The number of amides is 1. The molecule has 6 atom stereocenters. The second kappa shape index (κ2) is 35.6. The van der Waals surface area contributed by atoms with Gasteiger partial charge in [-0.05, 0) is 120 Å². The summed E-state index contributed by atoms with van der Waals surface area (Å²) in [7, 11) is -1.81. The summed E-state index contributed by atoms with van der Waals surface area (Å²) in [6.45, 7) is 10.4. The van der Waals surface area contributed by atoms with E-state index in [1.807, 2.05) is 57.2 Å². The molecule has 75 heavy (non-hydrogen) atoms. The van der Waals surface area contributed by atoms with Crippen LogP contribution in [0.2, 0.25) is 13.1 Å². The van der Waals surface area contributed by atoms with Crippen LogP contribution < -0.4 is 5.32 Å². The normalized spacial score (nSPS) is 18.1. The lowest BCUT2D eigenvalue weighted by Gasteiger charge is -2.47. The van der Waals surface area contributed by atoms with E-state index in [0.717, 1.165) is 115 Å². The minimum absolute atomic E-state index is 0.152. The van der Waals surface area contributed by atoms with Crippen LogP contribution in [0, 0.1) is 0 Å². The maximum atomic E-state index is 14.9. The van der Waals surface area contributed by atoms with Crippen LogP contribution in [0.25, 0.3) is 0 Å². The predicted octanol–water partition coefficient (Wildman–Crippen LogP) is 14.0. The molecule has 0 aromatic heterocycles. The number of nitrogens with one attached hydrogen (secondary N) is 1. The molecule has 1 N–H and O–H groups in total. The Balaban J connectivity index is 1.28. The average Bonchev–Trinajstić information content (AvgIpc) is 3.40. The van der Waals surface area contributed by atoms with Crippen molar-refractivity contribution in [3.63, 3.8) is 0 Å². The van der Waals surface area contributed by atoms with Gasteiger partial charge < -0.3 is 33.4 Å². The lowest BCUT2D eigenvalue weighted by Crippen LogP contribution is -2.67. The quantitative estimate of drug-likeness (QED) is 0.0267. The van der Waals surface area contributed by atoms with Gasteiger partial charge in [0.05, 0.1) is 18.8 Å². The lowest BCUT2D eigenvalue weighted by atomic mass is 9.95. The smallest absolute Gasteiger partial charge is 0.306 e. The number of hydrogen-bond donors (Lipinski definition) is 1. The fraction of sp³-hybridized carbons (Fsp3) is 0.578. The third-order valence-corrected chi connectivity index (χ3v) is 14.7. The van der Waals surface area contributed by atoms with Crippen molar-refractivity contribution in [3.05, 3.63) is 144 Å². The largest absolute Gasteiger partial charge is 0.457 e. The molecule has 10 nitrogen and oxygen atoms in total. The zero-order chi connectivity index (χ0) is 53.4. The topological polar surface area (TPSA) is 119 Å². The standard InChI is InChI=1S/C64H93NO9Si/c1-64(2,3)70-50-56-60(74-75(4)5)61(73-58(67)48-34-16-9-7-12-22-36-52-40-26-18-27-41-52)59(63(72-56)69-49-54-44-30-20-31-45-54)65-62(68)55(46-32-14-10-13-23-37-53-42-28-19-29-43-53)71-57(66)47-33-15-8-6-11-21-35-51-38-24-17-25-39-51/h17-20,24-31,38-45,55-56,59-61,63,75H,6-16,21-23,32-37,46-50H2,1-5H3,(H,65,68)/t55?,56-,59-,60-,61-,63-/m1/s1. The van der Waals surface area contributed by atoms with E-state index in [1.165, 1.54) is 16.7 Å². The minimum atomic E-state index is -1.81. The van der Waals surface area contributed by atoms with Gasteiger partial charge in [0.1, 0.15) is 18.2 Å². The molecular weight excluding hydrogens is 955 g/mol. The molecule has 1 heterocycles. The molecule has 1 unspecified atom stereocenters. The number of unbranched alkanes of at least 4 members (excludes halogenated alkanes) is 14. The SMILES string of the molecule is C[SiH](C)O[C@H]1[C@H](OC(=O)CCCCCCCCc2ccccc2)[C@@H](NC(=O)C(CCCCCCCc2ccccc2)OC(=O)CCCCCCCCc2ccccc2)[C@H](OCc2ccccc2)O[C@@H]1COC(C)(C)C. The lowest BCUT2D eigenvalue weighted by molar-refractivity contribution is -0.279. The fourth-order valence-electron chi connectivity index (χ4n) is 9.70. The number of carbonyl (C=O) groups excluding carboxylic acids is 3. The molecule has 1 aliphatic rings. The van der Waals surface area contributed by atoms with Crippen LogP contribution in [-0.4, -0.2) is 75.8 Å². The van der Waals surface area contributed by atoms with Crippen LogP contribution in [-0.2, 0) is 68.4 Å². The molecular formula is C64H93NO9Si. The van der Waals surface area contributed by atoms with E-state index >= 15 is 0 Å². The molecule has 1 fully saturated rings. The minimum Gasteiger partial charge on any atom is -0.457 e. The van der Waals surface area contributed by atoms with Gasteiger partial charge in [0.25, 0.3) is 5.91 Å². The van der Waals surface area contributed by atoms with Crippen LogP contribution in [0.15, 0.2) is 121 Å². The Morgan fingerprint density at radius 3 is 1.44 bits per heavy atom. The van der Waals surface area contributed by atoms with Gasteiger partial charge >= 0.3 is 11.9 Å². The predicted molar refractivity (Wildman–Crippen MR) is 304 cm³/mol. The van der Waals surface area contributed by atoms with E-state index in [0.29, 0.717) is 25.7 Å².